The molecule has 1 aromatic carbocycles. The largest absolute Gasteiger partial charge is 0.334 e. The van der Waals surface area contributed by atoms with E-state index in [1.807, 2.05) is 0 Å². The highest BCUT2D eigenvalue weighted by molar-refractivity contribution is 5.74. The summed E-state index contributed by atoms with van der Waals surface area (Å²) < 4.78 is 24.8. The van der Waals surface area contributed by atoms with E-state index in [9.17, 15) is 13.6 Å². The quantitative estimate of drug-likeness (QED) is 0.698. The van der Waals surface area contributed by atoms with Gasteiger partial charge >= 0.3 is 0 Å². The lowest BCUT2D eigenvalue weighted by atomic mass is 10.1. The molecule has 2 rings (SSSR count). The van der Waals surface area contributed by atoms with Crippen LogP contribution < -0.4 is 0 Å². The average molecular weight is 211 g/mol. The predicted octanol–water partition coefficient (Wildman–Crippen LogP) is 2.49. The zero-order valence-electron chi connectivity index (χ0n) is 8.34. The van der Waals surface area contributed by atoms with Crippen molar-refractivity contribution in [2.75, 3.05) is 0 Å². The SMILES string of the molecule is CC(=O)N1Cc2ccc(C(F)F)cc2C1. The number of halogens is 2. The molecule has 0 radical (unpaired) electrons. The molecule has 1 amide bonds. The van der Waals surface area contributed by atoms with Crippen LogP contribution in [-0.4, -0.2) is 10.8 Å². The Morgan fingerprint density at radius 3 is 2.60 bits per heavy atom. The second-order valence-electron chi connectivity index (χ2n) is 3.70. The minimum absolute atomic E-state index is 0.0233. The van der Waals surface area contributed by atoms with Gasteiger partial charge < -0.3 is 4.90 Å². The zero-order chi connectivity index (χ0) is 11.0. The number of hydrogen-bond acceptors (Lipinski definition) is 1. The Bertz CT molecular complexity index is 404. The number of nitrogens with zero attached hydrogens (tertiary/aromatic N) is 1. The van der Waals surface area contributed by atoms with Crippen molar-refractivity contribution in [2.24, 2.45) is 0 Å². The number of hydrogen-bond donors (Lipinski definition) is 0. The van der Waals surface area contributed by atoms with E-state index in [0.717, 1.165) is 11.1 Å². The predicted molar refractivity (Wildman–Crippen MR) is 51.3 cm³/mol. The highest BCUT2D eigenvalue weighted by Gasteiger charge is 2.21. The standard InChI is InChI=1S/C11H11F2NO/c1-7(15)14-5-9-3-2-8(11(12)13)4-10(9)6-14/h2-4,11H,5-6H2,1H3. The first-order valence-corrected chi connectivity index (χ1v) is 4.73. The summed E-state index contributed by atoms with van der Waals surface area (Å²) in [6.07, 6.45) is -2.44. The van der Waals surface area contributed by atoms with E-state index in [-0.39, 0.29) is 11.5 Å². The van der Waals surface area contributed by atoms with E-state index < -0.39 is 6.43 Å². The average Bonchev–Trinajstić information content (AvgIpc) is 2.59. The molecule has 0 saturated carbocycles. The lowest BCUT2D eigenvalue weighted by Gasteiger charge is -2.11. The molecule has 80 valence electrons. The minimum Gasteiger partial charge on any atom is -0.334 e. The van der Waals surface area contributed by atoms with Gasteiger partial charge in [-0.3, -0.25) is 4.79 Å². The summed E-state index contributed by atoms with van der Waals surface area (Å²) in [7, 11) is 0. The van der Waals surface area contributed by atoms with Crippen LogP contribution in [0.2, 0.25) is 0 Å². The van der Waals surface area contributed by atoms with Crippen LogP contribution in [0.1, 0.15) is 30.0 Å². The van der Waals surface area contributed by atoms with Crippen molar-refractivity contribution >= 4 is 5.91 Å². The lowest BCUT2D eigenvalue weighted by molar-refractivity contribution is -0.129. The molecule has 0 fully saturated rings. The van der Waals surface area contributed by atoms with Crippen molar-refractivity contribution < 1.29 is 13.6 Å². The van der Waals surface area contributed by atoms with Gasteiger partial charge in [0.2, 0.25) is 5.91 Å². The summed E-state index contributed by atoms with van der Waals surface area (Å²) in [4.78, 5) is 12.7. The van der Waals surface area contributed by atoms with Crippen LogP contribution in [0.15, 0.2) is 18.2 Å². The topological polar surface area (TPSA) is 20.3 Å². The number of alkyl halides is 2. The van der Waals surface area contributed by atoms with E-state index in [1.165, 1.54) is 19.1 Å². The van der Waals surface area contributed by atoms with Crippen molar-refractivity contribution in [1.82, 2.24) is 4.90 Å². The molecule has 0 atom stereocenters. The summed E-state index contributed by atoms with van der Waals surface area (Å²) in [6.45, 7) is 2.47. The molecule has 0 saturated heterocycles. The molecular formula is C11H11F2NO. The fraction of sp³-hybridized carbons (Fsp3) is 0.364. The second kappa shape index (κ2) is 3.61. The summed E-state index contributed by atoms with van der Waals surface area (Å²) >= 11 is 0. The van der Waals surface area contributed by atoms with Crippen molar-refractivity contribution in [3.05, 3.63) is 34.9 Å². The monoisotopic (exact) mass is 211 g/mol. The van der Waals surface area contributed by atoms with Gasteiger partial charge in [0.1, 0.15) is 0 Å². The van der Waals surface area contributed by atoms with E-state index in [0.29, 0.717) is 13.1 Å². The summed E-state index contributed by atoms with van der Waals surface area (Å²) in [5, 5.41) is 0. The van der Waals surface area contributed by atoms with Gasteiger partial charge in [-0.05, 0) is 17.2 Å². The molecule has 15 heavy (non-hydrogen) atoms. The second-order valence-corrected chi connectivity index (χ2v) is 3.70. The van der Waals surface area contributed by atoms with Crippen LogP contribution in [0.3, 0.4) is 0 Å². The van der Waals surface area contributed by atoms with Crippen LogP contribution in [0, 0.1) is 0 Å². The fourth-order valence-corrected chi connectivity index (χ4v) is 1.77. The van der Waals surface area contributed by atoms with Gasteiger partial charge in [-0.2, -0.15) is 0 Å². The maximum atomic E-state index is 12.4. The molecule has 1 aliphatic heterocycles. The Labute approximate surface area is 86.5 Å². The molecule has 0 N–H and O–H groups in total. The molecule has 0 aromatic heterocycles. The highest BCUT2D eigenvalue weighted by Crippen LogP contribution is 2.27. The number of fused-ring (bicyclic) bond motifs is 1. The minimum atomic E-state index is -2.44. The third-order valence-electron chi connectivity index (χ3n) is 2.65. The van der Waals surface area contributed by atoms with Gasteiger partial charge in [0.25, 0.3) is 6.43 Å². The third-order valence-corrected chi connectivity index (χ3v) is 2.65. The summed E-state index contributed by atoms with van der Waals surface area (Å²) in [5.41, 5.74) is 1.83. The van der Waals surface area contributed by atoms with Crippen molar-refractivity contribution in [3.8, 4) is 0 Å². The Kier molecular flexibility index (Phi) is 2.42. The molecular weight excluding hydrogens is 200 g/mol. The fourth-order valence-electron chi connectivity index (χ4n) is 1.77. The first-order valence-electron chi connectivity index (χ1n) is 4.73. The Morgan fingerprint density at radius 1 is 1.33 bits per heavy atom. The van der Waals surface area contributed by atoms with Crippen LogP contribution in [0.4, 0.5) is 8.78 Å². The number of carbonyl (C=O) groups is 1. The van der Waals surface area contributed by atoms with Crippen LogP contribution in [0.5, 0.6) is 0 Å². The molecule has 1 heterocycles. The number of benzene rings is 1. The highest BCUT2D eigenvalue weighted by atomic mass is 19.3. The van der Waals surface area contributed by atoms with E-state index in [2.05, 4.69) is 0 Å². The molecule has 0 aliphatic carbocycles. The number of amides is 1. The van der Waals surface area contributed by atoms with E-state index in [1.54, 1.807) is 11.0 Å². The Balaban J connectivity index is 2.27. The van der Waals surface area contributed by atoms with Gasteiger partial charge in [-0.1, -0.05) is 12.1 Å². The maximum Gasteiger partial charge on any atom is 0.263 e. The first kappa shape index (κ1) is 10.1. The van der Waals surface area contributed by atoms with Crippen molar-refractivity contribution in [3.63, 3.8) is 0 Å². The first-order chi connectivity index (χ1) is 7.08. The summed E-state index contributed by atoms with van der Waals surface area (Å²) in [5.74, 6) is -0.0233. The van der Waals surface area contributed by atoms with Crippen molar-refractivity contribution in [2.45, 2.75) is 26.4 Å². The van der Waals surface area contributed by atoms with Gasteiger partial charge in [0, 0.05) is 25.6 Å². The van der Waals surface area contributed by atoms with Crippen molar-refractivity contribution in [1.29, 1.82) is 0 Å². The van der Waals surface area contributed by atoms with E-state index >= 15 is 0 Å². The Hall–Kier alpha value is -1.45. The third kappa shape index (κ3) is 1.84. The van der Waals surface area contributed by atoms with E-state index in [4.69, 9.17) is 0 Å². The normalized spacial score (nSPS) is 14.5. The molecule has 1 aliphatic rings. The van der Waals surface area contributed by atoms with Gasteiger partial charge in [0.05, 0.1) is 0 Å². The van der Waals surface area contributed by atoms with Crippen LogP contribution in [-0.2, 0) is 17.9 Å². The zero-order valence-corrected chi connectivity index (χ0v) is 8.34. The summed E-state index contributed by atoms with van der Waals surface area (Å²) in [6, 6.07) is 4.59. The van der Waals surface area contributed by atoms with Gasteiger partial charge in [-0.25, -0.2) is 8.78 Å². The molecule has 0 unspecified atom stereocenters. The van der Waals surface area contributed by atoms with Gasteiger partial charge in [-0.15, -0.1) is 0 Å². The molecule has 2 nitrogen and oxygen atoms in total. The van der Waals surface area contributed by atoms with Crippen LogP contribution in [0.25, 0.3) is 0 Å². The number of rotatable bonds is 1. The molecule has 0 bridgehead atoms. The van der Waals surface area contributed by atoms with Gasteiger partial charge in [0.15, 0.2) is 0 Å². The number of carbonyl (C=O) groups excluding carboxylic acids is 1. The Morgan fingerprint density at radius 2 is 2.00 bits per heavy atom. The van der Waals surface area contributed by atoms with Crippen LogP contribution >= 0.6 is 0 Å². The molecule has 4 heteroatoms. The molecule has 1 aromatic rings. The lowest BCUT2D eigenvalue weighted by Crippen LogP contribution is -2.21. The smallest absolute Gasteiger partial charge is 0.263 e. The molecule has 0 spiro atoms. The maximum absolute atomic E-state index is 12.4.